The minimum atomic E-state index is -1.06. The summed E-state index contributed by atoms with van der Waals surface area (Å²) in [7, 11) is 2.73. The van der Waals surface area contributed by atoms with Crippen LogP contribution >= 0.6 is 0 Å². The SMILES string of the molecule is CCCOc1c(OCC)cc(C2NC(=O)NC(c3ccc(OC)cc3)=C2C(=O)OC)cc1[N+](=O)[O-]. The quantitative estimate of drug-likeness (QED) is 0.295. The molecule has 0 radical (unpaired) electrons. The zero-order valence-electron chi connectivity index (χ0n) is 19.9. The number of hydrogen-bond donors (Lipinski definition) is 2. The monoisotopic (exact) mass is 485 g/mol. The summed E-state index contributed by atoms with van der Waals surface area (Å²) >= 11 is 0. The molecule has 1 aliphatic heterocycles. The van der Waals surface area contributed by atoms with Crippen molar-refractivity contribution in [3.05, 3.63) is 63.2 Å². The number of ether oxygens (including phenoxy) is 4. The van der Waals surface area contributed by atoms with Crippen LogP contribution in [-0.2, 0) is 9.53 Å². The van der Waals surface area contributed by atoms with Gasteiger partial charge in [0.05, 0.1) is 49.7 Å². The van der Waals surface area contributed by atoms with Gasteiger partial charge in [0.15, 0.2) is 5.75 Å². The zero-order valence-corrected chi connectivity index (χ0v) is 19.9. The molecule has 2 N–H and O–H groups in total. The molecular formula is C24H27N3O8. The summed E-state index contributed by atoms with van der Waals surface area (Å²) in [6, 6.07) is 7.83. The molecule has 186 valence electrons. The number of esters is 1. The van der Waals surface area contributed by atoms with Crippen LogP contribution in [0.2, 0.25) is 0 Å². The van der Waals surface area contributed by atoms with Gasteiger partial charge < -0.3 is 29.6 Å². The van der Waals surface area contributed by atoms with Crippen LogP contribution in [0.1, 0.15) is 37.4 Å². The summed E-state index contributed by atoms with van der Waals surface area (Å²) in [4.78, 5) is 36.9. The van der Waals surface area contributed by atoms with Gasteiger partial charge in [-0.05, 0) is 54.8 Å². The molecule has 1 heterocycles. The fourth-order valence-electron chi connectivity index (χ4n) is 3.65. The predicted octanol–water partition coefficient (Wildman–Crippen LogP) is 3.73. The topological polar surface area (TPSA) is 138 Å². The lowest BCUT2D eigenvalue weighted by Crippen LogP contribution is -2.45. The van der Waals surface area contributed by atoms with Gasteiger partial charge in [-0.2, -0.15) is 0 Å². The molecule has 0 bridgehead atoms. The minimum absolute atomic E-state index is 0.0123. The lowest BCUT2D eigenvalue weighted by Gasteiger charge is -2.29. The Labute approximate surface area is 202 Å². The van der Waals surface area contributed by atoms with E-state index in [0.29, 0.717) is 17.7 Å². The maximum absolute atomic E-state index is 12.9. The van der Waals surface area contributed by atoms with Crippen LogP contribution in [0.25, 0.3) is 5.70 Å². The van der Waals surface area contributed by atoms with Crippen molar-refractivity contribution in [1.29, 1.82) is 0 Å². The fourth-order valence-corrected chi connectivity index (χ4v) is 3.65. The number of nitrogens with zero attached hydrogens (tertiary/aromatic N) is 1. The second-order valence-electron chi connectivity index (χ2n) is 7.45. The minimum Gasteiger partial charge on any atom is -0.497 e. The van der Waals surface area contributed by atoms with Gasteiger partial charge >= 0.3 is 17.7 Å². The first kappa shape index (κ1) is 25.3. The molecule has 2 aromatic rings. The molecule has 11 nitrogen and oxygen atoms in total. The Balaban J connectivity index is 2.24. The van der Waals surface area contributed by atoms with Gasteiger partial charge in [0.1, 0.15) is 5.75 Å². The number of rotatable bonds is 10. The molecule has 0 aliphatic carbocycles. The molecule has 3 rings (SSSR count). The molecule has 1 aliphatic rings. The van der Waals surface area contributed by atoms with E-state index < -0.39 is 23.0 Å². The molecular weight excluding hydrogens is 458 g/mol. The Morgan fingerprint density at radius 3 is 2.40 bits per heavy atom. The number of nitro groups is 1. The average molecular weight is 485 g/mol. The Kier molecular flexibility index (Phi) is 8.13. The molecule has 1 atom stereocenters. The van der Waals surface area contributed by atoms with E-state index in [4.69, 9.17) is 18.9 Å². The first-order valence-electron chi connectivity index (χ1n) is 11.0. The molecule has 11 heteroatoms. The van der Waals surface area contributed by atoms with Gasteiger partial charge in [0.25, 0.3) is 0 Å². The number of carbonyl (C=O) groups is 2. The van der Waals surface area contributed by atoms with E-state index in [1.807, 2.05) is 6.92 Å². The van der Waals surface area contributed by atoms with Crippen LogP contribution in [0.4, 0.5) is 10.5 Å². The van der Waals surface area contributed by atoms with Crippen molar-refractivity contribution in [1.82, 2.24) is 10.6 Å². The second-order valence-corrected chi connectivity index (χ2v) is 7.45. The Hall–Kier alpha value is -4.28. The number of hydrogen-bond acceptors (Lipinski definition) is 8. The van der Waals surface area contributed by atoms with Gasteiger partial charge in [0.2, 0.25) is 5.75 Å². The molecule has 2 aromatic carbocycles. The third-order valence-electron chi connectivity index (χ3n) is 5.19. The maximum atomic E-state index is 12.9. The van der Waals surface area contributed by atoms with Crippen molar-refractivity contribution in [2.45, 2.75) is 26.3 Å². The number of urea groups is 1. The number of nitrogens with one attached hydrogen (secondary N) is 2. The molecule has 35 heavy (non-hydrogen) atoms. The van der Waals surface area contributed by atoms with Crippen LogP contribution in [-0.4, -0.2) is 44.4 Å². The molecule has 2 amide bonds. The van der Waals surface area contributed by atoms with Gasteiger partial charge in [-0.3, -0.25) is 10.1 Å². The Bertz CT molecular complexity index is 1140. The van der Waals surface area contributed by atoms with Crippen molar-refractivity contribution in [3.63, 3.8) is 0 Å². The van der Waals surface area contributed by atoms with Crippen LogP contribution in [0.3, 0.4) is 0 Å². The molecule has 0 spiro atoms. The van der Waals surface area contributed by atoms with E-state index >= 15 is 0 Å². The van der Waals surface area contributed by atoms with Crippen molar-refractivity contribution >= 4 is 23.4 Å². The molecule has 0 saturated carbocycles. The Morgan fingerprint density at radius 2 is 1.83 bits per heavy atom. The number of amides is 2. The highest BCUT2D eigenvalue weighted by Gasteiger charge is 2.36. The fraction of sp³-hybridized carbons (Fsp3) is 0.333. The maximum Gasteiger partial charge on any atom is 0.338 e. The number of methoxy groups -OCH3 is 2. The van der Waals surface area contributed by atoms with Crippen LogP contribution in [0.15, 0.2) is 42.0 Å². The normalized spacial score (nSPS) is 15.1. The first-order chi connectivity index (χ1) is 16.8. The van der Waals surface area contributed by atoms with E-state index in [2.05, 4.69) is 10.6 Å². The number of carbonyl (C=O) groups excluding carboxylic acids is 2. The average Bonchev–Trinajstić information content (AvgIpc) is 2.86. The third kappa shape index (κ3) is 5.45. The zero-order chi connectivity index (χ0) is 25.5. The third-order valence-corrected chi connectivity index (χ3v) is 5.19. The summed E-state index contributed by atoms with van der Waals surface area (Å²) in [5.41, 5.74) is 0.706. The number of nitro benzene ring substituents is 1. The van der Waals surface area contributed by atoms with Gasteiger partial charge in [0, 0.05) is 6.07 Å². The highest BCUT2D eigenvalue weighted by molar-refractivity contribution is 6.04. The van der Waals surface area contributed by atoms with E-state index in [1.54, 1.807) is 31.2 Å². The van der Waals surface area contributed by atoms with Crippen molar-refractivity contribution in [2.24, 2.45) is 0 Å². The molecule has 0 saturated heterocycles. The lowest BCUT2D eigenvalue weighted by atomic mass is 9.92. The second kappa shape index (κ2) is 11.2. The summed E-state index contributed by atoms with van der Waals surface area (Å²) in [6.07, 6.45) is 0.634. The summed E-state index contributed by atoms with van der Waals surface area (Å²) in [5.74, 6) is -0.0134. The highest BCUT2D eigenvalue weighted by atomic mass is 16.6. The van der Waals surface area contributed by atoms with Gasteiger partial charge in [-0.25, -0.2) is 9.59 Å². The lowest BCUT2D eigenvalue weighted by molar-refractivity contribution is -0.386. The summed E-state index contributed by atoms with van der Waals surface area (Å²) in [6.45, 7) is 4.08. The van der Waals surface area contributed by atoms with Crippen molar-refractivity contribution in [3.8, 4) is 17.2 Å². The standard InChI is InChI=1S/C24H27N3O8/c1-5-11-35-22-17(27(30)31)12-15(13-18(22)34-6-2)21-19(23(28)33-4)20(25-24(29)26-21)14-7-9-16(32-3)10-8-14/h7-10,12-13,21H,5-6,11H2,1-4H3,(H2,25,26,29). The smallest absolute Gasteiger partial charge is 0.338 e. The van der Waals surface area contributed by atoms with Gasteiger partial charge in [-0.15, -0.1) is 0 Å². The van der Waals surface area contributed by atoms with Crippen molar-refractivity contribution in [2.75, 3.05) is 27.4 Å². The molecule has 0 fully saturated rings. The molecule has 0 aromatic heterocycles. The predicted molar refractivity (Wildman–Crippen MR) is 126 cm³/mol. The van der Waals surface area contributed by atoms with E-state index in [1.165, 1.54) is 26.4 Å². The van der Waals surface area contributed by atoms with Gasteiger partial charge in [-0.1, -0.05) is 6.92 Å². The first-order valence-corrected chi connectivity index (χ1v) is 11.0. The van der Waals surface area contributed by atoms with Crippen LogP contribution in [0.5, 0.6) is 17.2 Å². The van der Waals surface area contributed by atoms with E-state index in [-0.39, 0.29) is 47.2 Å². The number of benzene rings is 2. The van der Waals surface area contributed by atoms with Crippen molar-refractivity contribution < 1.29 is 33.5 Å². The van der Waals surface area contributed by atoms with Crippen LogP contribution < -0.4 is 24.8 Å². The highest BCUT2D eigenvalue weighted by Crippen LogP contribution is 2.42. The Morgan fingerprint density at radius 1 is 1.11 bits per heavy atom. The van der Waals surface area contributed by atoms with E-state index in [9.17, 15) is 19.7 Å². The summed E-state index contributed by atoms with van der Waals surface area (Å²) in [5, 5.41) is 17.2. The largest absolute Gasteiger partial charge is 0.497 e. The van der Waals surface area contributed by atoms with E-state index in [0.717, 1.165) is 0 Å². The summed E-state index contributed by atoms with van der Waals surface area (Å²) < 4.78 is 21.4. The van der Waals surface area contributed by atoms with Crippen LogP contribution in [0, 0.1) is 10.1 Å². The molecule has 1 unspecified atom stereocenters.